The molecule has 0 spiro atoms. The Balaban J connectivity index is 1.50. The van der Waals surface area contributed by atoms with Gasteiger partial charge < -0.3 is 57.9 Å². The molecule has 5 atom stereocenters. The van der Waals surface area contributed by atoms with Gasteiger partial charge in [0.2, 0.25) is 29.5 Å². The third-order valence-corrected chi connectivity index (χ3v) is 9.89. The highest BCUT2D eigenvalue weighted by molar-refractivity contribution is 7.98. The average molecular weight is 904 g/mol. The van der Waals surface area contributed by atoms with Crippen molar-refractivity contribution in [1.82, 2.24) is 20.6 Å². The van der Waals surface area contributed by atoms with E-state index >= 15 is 0 Å². The molecular formula is C40H42ClN11O10S. The van der Waals surface area contributed by atoms with Crippen molar-refractivity contribution >= 4 is 64.7 Å². The Morgan fingerprint density at radius 3 is 1.92 bits per heavy atom. The van der Waals surface area contributed by atoms with E-state index in [1.807, 2.05) is 6.07 Å². The highest BCUT2D eigenvalue weighted by Gasteiger charge is 2.28. The van der Waals surface area contributed by atoms with Crippen molar-refractivity contribution in [3.8, 4) is 40.5 Å². The molecule has 12 N–H and O–H groups in total. The van der Waals surface area contributed by atoms with Gasteiger partial charge in [-0.1, -0.05) is 35.5 Å². The number of anilines is 1. The number of pyridine rings is 1. The monoisotopic (exact) mass is 903 g/mol. The minimum absolute atomic E-state index is 0.0399. The van der Waals surface area contributed by atoms with E-state index < -0.39 is 91.9 Å². The number of primary amides is 2. The van der Waals surface area contributed by atoms with E-state index in [2.05, 4.69) is 26.7 Å². The summed E-state index contributed by atoms with van der Waals surface area (Å²) < 4.78 is 22.3. The fourth-order valence-electron chi connectivity index (χ4n) is 5.40. The maximum absolute atomic E-state index is 13.1. The maximum Gasteiger partial charge on any atom is 0.328 e. The molecular weight excluding hydrogens is 862 g/mol. The summed E-state index contributed by atoms with van der Waals surface area (Å²) in [6, 6.07) is 11.9. The van der Waals surface area contributed by atoms with Gasteiger partial charge in [-0.3, -0.25) is 19.2 Å². The second-order valence-corrected chi connectivity index (χ2v) is 15.0. The Bertz CT molecular complexity index is 2420. The first-order valence-electron chi connectivity index (χ1n) is 18.7. The molecule has 2 aromatic heterocycles. The van der Waals surface area contributed by atoms with E-state index in [1.165, 1.54) is 32.2 Å². The topological polar surface area (TPSA) is 371 Å². The molecule has 63 heavy (non-hydrogen) atoms. The molecule has 4 aromatic rings. The highest BCUT2D eigenvalue weighted by atomic mass is 35.5. The van der Waals surface area contributed by atoms with Crippen molar-refractivity contribution in [2.45, 2.75) is 67.7 Å². The van der Waals surface area contributed by atoms with Gasteiger partial charge in [0, 0.05) is 21.9 Å². The number of nitriles is 2. The summed E-state index contributed by atoms with van der Waals surface area (Å²) in [5.41, 5.74) is 29.6. The normalized spacial score (nSPS) is 13.1. The SMILES string of the molecule is C[C@H](NC(=O)[C@@H](N)CC(N)=O)C(=O)OCC(COc1ccc(-c2c(C#N)c(N)nc(SCc3coc(-c4ccc(Cl)cc4)n3)c2C#N)cc1)OC(=O)[C@H](C)NC(=O)[C@@H](N)CC(N)=O. The van der Waals surface area contributed by atoms with Crippen LogP contribution in [0.3, 0.4) is 0 Å². The summed E-state index contributed by atoms with van der Waals surface area (Å²) >= 11 is 7.15. The first-order valence-corrected chi connectivity index (χ1v) is 20.0. The molecule has 0 aliphatic heterocycles. The molecule has 4 rings (SSSR count). The Hall–Kier alpha value is -7.24. The first-order chi connectivity index (χ1) is 29.9. The van der Waals surface area contributed by atoms with E-state index in [0.29, 0.717) is 27.7 Å². The zero-order chi connectivity index (χ0) is 46.4. The standard InChI is InChI=1S/C40H42ClN11O10S/c1-19(49-35(55)29(44)11-31(46)53)39(57)61-17-26(62-40(58)20(2)50-36(56)30(45)12-32(47)54)16-59-25-9-5-21(6-10-25)33-27(13-42)34(48)52-38(28(33)14-43)63-18-24-15-60-37(51-24)22-3-7-23(41)8-4-22/h3-10,15,19-20,26,29-30H,11-12,16-18,44-45H2,1-2H3,(H2,46,53)(H2,47,54)(H2,48,52)(H,49,55)(H,50,56)/t19-,20-,26?,29-,30-/m0/s1. The molecule has 2 aromatic carbocycles. The molecule has 23 heteroatoms. The first kappa shape index (κ1) is 48.4. The van der Waals surface area contributed by atoms with Crippen LogP contribution in [-0.4, -0.2) is 89.0 Å². The van der Waals surface area contributed by atoms with Crippen LogP contribution in [0.25, 0.3) is 22.6 Å². The average Bonchev–Trinajstić information content (AvgIpc) is 3.72. The van der Waals surface area contributed by atoms with Crippen LogP contribution in [0.15, 0.2) is 64.2 Å². The van der Waals surface area contributed by atoms with Crippen molar-refractivity contribution < 1.29 is 47.4 Å². The number of benzene rings is 2. The number of rotatable bonds is 21. The van der Waals surface area contributed by atoms with Gasteiger partial charge in [0.1, 0.15) is 65.9 Å². The minimum atomic E-state index is -1.34. The van der Waals surface area contributed by atoms with E-state index in [1.54, 1.807) is 36.4 Å². The van der Waals surface area contributed by atoms with Crippen molar-refractivity contribution in [2.24, 2.45) is 22.9 Å². The van der Waals surface area contributed by atoms with E-state index in [9.17, 15) is 39.3 Å². The number of hydrogen-bond donors (Lipinski definition) is 7. The lowest BCUT2D eigenvalue weighted by Gasteiger charge is -2.23. The lowest BCUT2D eigenvalue weighted by Crippen LogP contribution is -2.50. The summed E-state index contributed by atoms with van der Waals surface area (Å²) in [4.78, 5) is 81.7. The predicted octanol–water partition coefficient (Wildman–Crippen LogP) is 0.923. The van der Waals surface area contributed by atoms with Crippen LogP contribution >= 0.6 is 23.4 Å². The molecule has 0 aliphatic rings. The maximum atomic E-state index is 13.1. The molecule has 0 radical (unpaired) electrons. The number of thioether (sulfide) groups is 1. The van der Waals surface area contributed by atoms with Crippen molar-refractivity contribution in [3.05, 3.63) is 76.6 Å². The number of halogens is 1. The van der Waals surface area contributed by atoms with Gasteiger partial charge in [-0.2, -0.15) is 10.5 Å². The van der Waals surface area contributed by atoms with Crippen LogP contribution in [0, 0.1) is 22.7 Å². The Labute approximate surface area is 368 Å². The number of esters is 2. The third kappa shape index (κ3) is 13.9. The molecule has 0 saturated heterocycles. The summed E-state index contributed by atoms with van der Waals surface area (Å²) in [6.45, 7) is 1.53. The Kier molecular flexibility index (Phi) is 17.3. The summed E-state index contributed by atoms with van der Waals surface area (Å²) in [5.74, 6) is -4.67. The zero-order valence-corrected chi connectivity index (χ0v) is 35.2. The summed E-state index contributed by atoms with van der Waals surface area (Å²) in [5, 5.41) is 25.7. The number of nitrogen functional groups attached to an aromatic ring is 1. The molecule has 330 valence electrons. The number of oxazole rings is 1. The predicted molar refractivity (Wildman–Crippen MR) is 225 cm³/mol. The number of nitrogens with two attached hydrogens (primary N) is 5. The van der Waals surface area contributed by atoms with Gasteiger partial charge in [0.15, 0.2) is 6.10 Å². The van der Waals surface area contributed by atoms with Crippen LogP contribution in [0.2, 0.25) is 5.02 Å². The smallest absolute Gasteiger partial charge is 0.328 e. The number of aromatic nitrogens is 2. The Morgan fingerprint density at radius 2 is 1.37 bits per heavy atom. The fourth-order valence-corrected chi connectivity index (χ4v) is 6.40. The zero-order valence-electron chi connectivity index (χ0n) is 33.7. The van der Waals surface area contributed by atoms with E-state index in [0.717, 1.165) is 11.8 Å². The van der Waals surface area contributed by atoms with Crippen LogP contribution in [-0.2, 0) is 44.0 Å². The second-order valence-electron chi connectivity index (χ2n) is 13.6. The number of carbonyl (C=O) groups excluding carboxylic acids is 6. The molecule has 21 nitrogen and oxygen atoms in total. The van der Waals surface area contributed by atoms with Gasteiger partial charge in [-0.05, 0) is 55.8 Å². The molecule has 4 amide bonds. The van der Waals surface area contributed by atoms with Crippen molar-refractivity contribution in [2.75, 3.05) is 18.9 Å². The molecule has 0 fully saturated rings. The van der Waals surface area contributed by atoms with Crippen LogP contribution < -0.4 is 44.0 Å². The second kappa shape index (κ2) is 22.6. The van der Waals surface area contributed by atoms with Gasteiger partial charge in [0.05, 0.1) is 36.2 Å². The van der Waals surface area contributed by atoms with Gasteiger partial charge in [-0.25, -0.2) is 19.6 Å². The molecule has 1 unspecified atom stereocenters. The number of nitrogens with one attached hydrogen (secondary N) is 2. The van der Waals surface area contributed by atoms with Crippen molar-refractivity contribution in [3.63, 3.8) is 0 Å². The van der Waals surface area contributed by atoms with Crippen molar-refractivity contribution in [1.29, 1.82) is 10.5 Å². The number of carbonyl (C=O) groups is 6. The number of hydrogen-bond acceptors (Lipinski definition) is 18. The molecule has 2 heterocycles. The quantitative estimate of drug-likeness (QED) is 0.0451. The minimum Gasteiger partial charge on any atom is -0.490 e. The Morgan fingerprint density at radius 1 is 0.810 bits per heavy atom. The van der Waals surface area contributed by atoms with Gasteiger partial charge in [-0.15, -0.1) is 0 Å². The van der Waals surface area contributed by atoms with Crippen LogP contribution in [0.4, 0.5) is 5.82 Å². The number of amides is 4. The molecule has 0 bridgehead atoms. The summed E-state index contributed by atoms with van der Waals surface area (Å²) in [6.07, 6.45) is -0.800. The van der Waals surface area contributed by atoms with E-state index in [-0.39, 0.29) is 39.0 Å². The fraction of sp³-hybridized carbons (Fsp3) is 0.300. The van der Waals surface area contributed by atoms with Gasteiger partial charge in [0.25, 0.3) is 0 Å². The number of nitrogens with zero attached hydrogens (tertiary/aromatic N) is 4. The largest absolute Gasteiger partial charge is 0.490 e. The summed E-state index contributed by atoms with van der Waals surface area (Å²) in [7, 11) is 0. The van der Waals surface area contributed by atoms with Gasteiger partial charge >= 0.3 is 11.9 Å². The highest BCUT2D eigenvalue weighted by Crippen LogP contribution is 2.37. The van der Waals surface area contributed by atoms with E-state index in [4.69, 9.17) is 58.9 Å². The lowest BCUT2D eigenvalue weighted by atomic mass is 9.97. The number of ether oxygens (including phenoxy) is 3. The van der Waals surface area contributed by atoms with Crippen LogP contribution in [0.1, 0.15) is 43.5 Å². The molecule has 0 saturated carbocycles. The third-order valence-electron chi connectivity index (χ3n) is 8.63. The molecule has 0 aliphatic carbocycles. The van der Waals surface area contributed by atoms with Crippen LogP contribution in [0.5, 0.6) is 5.75 Å². The lowest BCUT2D eigenvalue weighted by molar-refractivity contribution is -0.163.